The molecule has 0 spiro atoms. The Bertz CT molecular complexity index is 757. The van der Waals surface area contributed by atoms with E-state index in [2.05, 4.69) is 10.6 Å². The monoisotopic (exact) mass is 356 g/mol. The van der Waals surface area contributed by atoms with Crippen molar-refractivity contribution in [1.82, 2.24) is 5.32 Å². The Hall–Kier alpha value is -2.69. The minimum atomic E-state index is -0.299. The molecule has 0 aliphatic rings. The van der Waals surface area contributed by atoms with Gasteiger partial charge in [0.05, 0.1) is 11.3 Å². The Labute approximate surface area is 153 Å². The van der Waals surface area contributed by atoms with Gasteiger partial charge in [-0.2, -0.15) is 0 Å². The molecule has 2 rings (SSSR count). The second kappa shape index (κ2) is 9.13. The van der Waals surface area contributed by atoms with Crippen LogP contribution >= 0.6 is 0 Å². The summed E-state index contributed by atoms with van der Waals surface area (Å²) in [6.07, 6.45) is 0.244. The van der Waals surface area contributed by atoms with Crippen LogP contribution in [-0.4, -0.2) is 18.4 Å². The van der Waals surface area contributed by atoms with Gasteiger partial charge >= 0.3 is 0 Å². The van der Waals surface area contributed by atoms with E-state index in [1.54, 1.807) is 36.4 Å². The maximum Gasteiger partial charge on any atom is 0.253 e. The lowest BCUT2D eigenvalue weighted by Gasteiger charge is -2.15. The first-order chi connectivity index (χ1) is 12.4. The summed E-state index contributed by atoms with van der Waals surface area (Å²) >= 11 is 0. The molecule has 5 heteroatoms. The topological polar surface area (TPSA) is 58.2 Å². The zero-order valence-corrected chi connectivity index (χ0v) is 15.4. The predicted molar refractivity (Wildman–Crippen MR) is 102 cm³/mol. The highest BCUT2D eigenvalue weighted by Crippen LogP contribution is 2.21. The van der Waals surface area contributed by atoms with E-state index in [4.69, 9.17) is 0 Å². The summed E-state index contributed by atoms with van der Waals surface area (Å²) in [6, 6.07) is 13.1. The van der Waals surface area contributed by atoms with Gasteiger partial charge in [-0.1, -0.05) is 45.0 Å². The molecular formula is C21H25FN2O2. The normalized spacial score (nSPS) is 11.9. The van der Waals surface area contributed by atoms with Crippen molar-refractivity contribution in [3.63, 3.8) is 0 Å². The van der Waals surface area contributed by atoms with Crippen LogP contribution in [0.1, 0.15) is 49.0 Å². The van der Waals surface area contributed by atoms with Crippen LogP contribution in [0, 0.1) is 11.7 Å². The molecule has 0 radical (unpaired) electrons. The van der Waals surface area contributed by atoms with Crippen molar-refractivity contribution < 1.29 is 14.0 Å². The third kappa shape index (κ3) is 5.69. The molecule has 2 N–H and O–H groups in total. The zero-order chi connectivity index (χ0) is 19.1. The van der Waals surface area contributed by atoms with Gasteiger partial charge in [0.1, 0.15) is 5.82 Å². The molecule has 0 heterocycles. The molecule has 138 valence electrons. The molecule has 0 saturated heterocycles. The number of hydrogen-bond donors (Lipinski definition) is 2. The predicted octanol–water partition coefficient (Wildman–Crippen LogP) is 4.34. The first-order valence-electron chi connectivity index (χ1n) is 8.79. The van der Waals surface area contributed by atoms with Gasteiger partial charge in [-0.05, 0) is 41.7 Å². The van der Waals surface area contributed by atoms with Gasteiger partial charge in [-0.25, -0.2) is 4.39 Å². The fourth-order valence-electron chi connectivity index (χ4n) is 2.57. The Kier molecular flexibility index (Phi) is 6.89. The van der Waals surface area contributed by atoms with Gasteiger partial charge < -0.3 is 10.6 Å². The molecule has 4 nitrogen and oxygen atoms in total. The van der Waals surface area contributed by atoms with Crippen LogP contribution in [0.4, 0.5) is 10.1 Å². The third-order valence-corrected chi connectivity index (χ3v) is 4.05. The summed E-state index contributed by atoms with van der Waals surface area (Å²) in [5, 5.41) is 5.68. The fraction of sp³-hybridized carbons (Fsp3) is 0.333. The van der Waals surface area contributed by atoms with Gasteiger partial charge in [-0.3, -0.25) is 9.59 Å². The number of anilines is 1. The van der Waals surface area contributed by atoms with Gasteiger partial charge in [0, 0.05) is 13.0 Å². The van der Waals surface area contributed by atoms with E-state index in [0.717, 1.165) is 5.56 Å². The lowest BCUT2D eigenvalue weighted by atomic mass is 9.97. The number of carbonyl (C=O) groups excluding carboxylic acids is 2. The molecule has 2 aromatic carbocycles. The molecule has 0 aliphatic heterocycles. The maximum atomic E-state index is 13.0. The molecule has 0 bridgehead atoms. The highest BCUT2D eigenvalue weighted by molar-refractivity contribution is 6.03. The number of halogens is 1. The molecular weight excluding hydrogens is 331 g/mol. The van der Waals surface area contributed by atoms with Crippen molar-refractivity contribution in [3.05, 3.63) is 65.5 Å². The quantitative estimate of drug-likeness (QED) is 0.775. The van der Waals surface area contributed by atoms with Gasteiger partial charge in [0.25, 0.3) is 5.91 Å². The van der Waals surface area contributed by atoms with Crippen molar-refractivity contribution in [2.24, 2.45) is 5.92 Å². The van der Waals surface area contributed by atoms with E-state index >= 15 is 0 Å². The SMILES string of the molecule is CC(C)CNC(=O)c1ccccc1NC(=O)CC(C)c1ccc(F)cc1. The van der Waals surface area contributed by atoms with E-state index in [0.29, 0.717) is 23.7 Å². The van der Waals surface area contributed by atoms with Crippen molar-refractivity contribution >= 4 is 17.5 Å². The van der Waals surface area contributed by atoms with Gasteiger partial charge in [0.15, 0.2) is 0 Å². The van der Waals surface area contributed by atoms with Crippen LogP contribution in [0.15, 0.2) is 48.5 Å². The number of benzene rings is 2. The molecule has 2 amide bonds. The lowest BCUT2D eigenvalue weighted by molar-refractivity contribution is -0.116. The Balaban J connectivity index is 2.02. The van der Waals surface area contributed by atoms with E-state index in [1.165, 1.54) is 12.1 Å². The largest absolute Gasteiger partial charge is 0.352 e. The molecule has 1 unspecified atom stereocenters. The lowest BCUT2D eigenvalue weighted by Crippen LogP contribution is -2.28. The highest BCUT2D eigenvalue weighted by atomic mass is 19.1. The number of rotatable bonds is 7. The number of amides is 2. The number of nitrogens with one attached hydrogen (secondary N) is 2. The second-order valence-corrected chi connectivity index (χ2v) is 6.85. The van der Waals surface area contributed by atoms with E-state index in [1.807, 2.05) is 20.8 Å². The third-order valence-electron chi connectivity index (χ3n) is 4.05. The summed E-state index contributed by atoms with van der Waals surface area (Å²) in [4.78, 5) is 24.7. The molecule has 0 fully saturated rings. The summed E-state index contributed by atoms with van der Waals surface area (Å²) in [7, 11) is 0. The standard InChI is InChI=1S/C21H25FN2O2/c1-14(2)13-23-21(26)18-6-4-5-7-19(18)24-20(25)12-15(3)16-8-10-17(22)11-9-16/h4-11,14-15H,12-13H2,1-3H3,(H,23,26)(H,24,25). The second-order valence-electron chi connectivity index (χ2n) is 6.85. The van der Waals surface area contributed by atoms with Crippen molar-refractivity contribution in [2.45, 2.75) is 33.1 Å². The first kappa shape index (κ1) is 19.6. The van der Waals surface area contributed by atoms with Crippen LogP contribution in [0.2, 0.25) is 0 Å². The van der Waals surface area contributed by atoms with Crippen LogP contribution in [0.3, 0.4) is 0 Å². The van der Waals surface area contributed by atoms with Crippen molar-refractivity contribution in [3.8, 4) is 0 Å². The zero-order valence-electron chi connectivity index (χ0n) is 15.4. The van der Waals surface area contributed by atoms with Crippen LogP contribution < -0.4 is 10.6 Å². The molecule has 0 saturated carbocycles. The van der Waals surface area contributed by atoms with Crippen LogP contribution in [0.25, 0.3) is 0 Å². The van der Waals surface area contributed by atoms with Crippen molar-refractivity contribution in [2.75, 3.05) is 11.9 Å². The summed E-state index contributed by atoms with van der Waals surface area (Å²) in [5.74, 6) is -0.409. The molecule has 0 aromatic heterocycles. The van der Waals surface area contributed by atoms with Crippen LogP contribution in [0.5, 0.6) is 0 Å². The summed E-state index contributed by atoms with van der Waals surface area (Å²) < 4.78 is 13.0. The molecule has 0 aliphatic carbocycles. The van der Waals surface area contributed by atoms with Gasteiger partial charge in [0.2, 0.25) is 5.91 Å². The Morgan fingerprint density at radius 3 is 2.31 bits per heavy atom. The number of para-hydroxylation sites is 1. The highest BCUT2D eigenvalue weighted by Gasteiger charge is 2.16. The van der Waals surface area contributed by atoms with E-state index < -0.39 is 0 Å². The Morgan fingerprint density at radius 1 is 1.00 bits per heavy atom. The molecule has 2 aromatic rings. The summed E-state index contributed by atoms with van der Waals surface area (Å²) in [5.41, 5.74) is 1.82. The van der Waals surface area contributed by atoms with E-state index in [-0.39, 0.29) is 30.0 Å². The molecule has 26 heavy (non-hydrogen) atoms. The Morgan fingerprint density at radius 2 is 1.65 bits per heavy atom. The maximum absolute atomic E-state index is 13.0. The average Bonchev–Trinajstić information content (AvgIpc) is 2.60. The minimum absolute atomic E-state index is 0.0578. The van der Waals surface area contributed by atoms with Crippen molar-refractivity contribution in [1.29, 1.82) is 0 Å². The van der Waals surface area contributed by atoms with E-state index in [9.17, 15) is 14.0 Å². The number of hydrogen-bond acceptors (Lipinski definition) is 2. The minimum Gasteiger partial charge on any atom is -0.352 e. The first-order valence-corrected chi connectivity index (χ1v) is 8.79. The van der Waals surface area contributed by atoms with Crippen LogP contribution in [-0.2, 0) is 4.79 Å². The number of carbonyl (C=O) groups is 2. The average molecular weight is 356 g/mol. The summed E-state index contributed by atoms with van der Waals surface area (Å²) in [6.45, 7) is 6.52. The fourth-order valence-corrected chi connectivity index (χ4v) is 2.57. The molecule has 1 atom stereocenters. The van der Waals surface area contributed by atoms with Gasteiger partial charge in [-0.15, -0.1) is 0 Å². The smallest absolute Gasteiger partial charge is 0.253 e.